The Morgan fingerprint density at radius 1 is 1.10 bits per heavy atom. The van der Waals surface area contributed by atoms with Gasteiger partial charge in [-0.25, -0.2) is 18.6 Å². The summed E-state index contributed by atoms with van der Waals surface area (Å²) in [6, 6.07) is 5.37. The lowest BCUT2D eigenvalue weighted by atomic mass is 9.98. The van der Waals surface area contributed by atoms with Crippen LogP contribution in [0.1, 0.15) is 17.2 Å². The highest BCUT2D eigenvalue weighted by molar-refractivity contribution is 9.10. The summed E-state index contributed by atoms with van der Waals surface area (Å²) in [4.78, 5) is 0. The van der Waals surface area contributed by atoms with E-state index >= 15 is 0 Å². The van der Waals surface area contributed by atoms with Gasteiger partial charge in [0, 0.05) is 10.0 Å². The molecule has 0 amide bonds. The second-order valence-corrected chi connectivity index (χ2v) is 5.27. The quantitative estimate of drug-likeness (QED) is 0.489. The Labute approximate surface area is 126 Å². The third-order valence-corrected chi connectivity index (χ3v) is 4.08. The van der Waals surface area contributed by atoms with E-state index in [0.29, 0.717) is 4.47 Å². The lowest BCUT2D eigenvalue weighted by molar-refractivity contribution is 0.502. The van der Waals surface area contributed by atoms with Gasteiger partial charge in [-0.3, -0.25) is 5.84 Å². The summed E-state index contributed by atoms with van der Waals surface area (Å²) in [7, 11) is 0. The fraction of sp³-hybridized carbons (Fsp3) is 0.0769. The largest absolute Gasteiger partial charge is 0.271 e. The van der Waals surface area contributed by atoms with Crippen LogP contribution in [0.4, 0.5) is 13.2 Å². The zero-order valence-corrected chi connectivity index (χ0v) is 12.3. The fourth-order valence-corrected chi connectivity index (χ4v) is 2.30. The van der Waals surface area contributed by atoms with Crippen LogP contribution < -0.4 is 11.3 Å². The van der Waals surface area contributed by atoms with Gasteiger partial charge in [0.1, 0.15) is 5.82 Å². The van der Waals surface area contributed by atoms with Crippen LogP contribution in [-0.2, 0) is 0 Å². The Hall–Kier alpha value is -1.08. The van der Waals surface area contributed by atoms with Crippen molar-refractivity contribution in [1.29, 1.82) is 0 Å². The molecule has 3 N–H and O–H groups in total. The van der Waals surface area contributed by atoms with Crippen LogP contribution in [0.2, 0.25) is 5.02 Å². The molecule has 0 aliphatic carbocycles. The van der Waals surface area contributed by atoms with Crippen LogP contribution in [0.25, 0.3) is 0 Å². The molecule has 0 aliphatic heterocycles. The van der Waals surface area contributed by atoms with Gasteiger partial charge in [-0.2, -0.15) is 0 Å². The van der Waals surface area contributed by atoms with E-state index in [2.05, 4.69) is 21.4 Å². The maximum absolute atomic E-state index is 14.1. The number of hydrogen-bond acceptors (Lipinski definition) is 2. The van der Waals surface area contributed by atoms with Crippen LogP contribution in [-0.4, -0.2) is 0 Å². The van der Waals surface area contributed by atoms with Gasteiger partial charge >= 0.3 is 0 Å². The first-order valence-corrected chi connectivity index (χ1v) is 6.67. The van der Waals surface area contributed by atoms with Crippen molar-refractivity contribution in [3.63, 3.8) is 0 Å². The zero-order chi connectivity index (χ0) is 14.9. The molecule has 7 heteroatoms. The number of benzene rings is 2. The Morgan fingerprint density at radius 3 is 2.40 bits per heavy atom. The Bertz CT molecular complexity index is 652. The second kappa shape index (κ2) is 6.13. The number of nitrogens with two attached hydrogens (primary N) is 1. The Kier molecular flexibility index (Phi) is 4.70. The molecule has 0 saturated carbocycles. The predicted octanol–water partition coefficient (Wildman–Crippen LogP) is 4.07. The van der Waals surface area contributed by atoms with Crippen molar-refractivity contribution in [2.24, 2.45) is 5.84 Å². The molecule has 2 rings (SSSR count). The standard InChI is InChI=1S/C13H9BrClF3N2/c14-8-3-2-7(12(18)11(8)15)13(20-19)6-1-4-9(16)10(17)5-6/h1-5,13,20H,19H2. The minimum absolute atomic E-state index is 0.106. The number of halogens is 5. The number of rotatable bonds is 3. The molecule has 2 nitrogen and oxygen atoms in total. The molecule has 0 saturated heterocycles. The van der Waals surface area contributed by atoms with E-state index in [1.54, 1.807) is 6.07 Å². The van der Waals surface area contributed by atoms with Gasteiger partial charge < -0.3 is 0 Å². The van der Waals surface area contributed by atoms with E-state index in [4.69, 9.17) is 17.4 Å². The highest BCUT2D eigenvalue weighted by Gasteiger charge is 2.20. The lowest BCUT2D eigenvalue weighted by Crippen LogP contribution is -2.29. The van der Waals surface area contributed by atoms with Crippen molar-refractivity contribution in [3.8, 4) is 0 Å². The van der Waals surface area contributed by atoms with Crippen LogP contribution >= 0.6 is 27.5 Å². The molecule has 0 radical (unpaired) electrons. The molecule has 0 fully saturated rings. The molecule has 0 aliphatic rings. The second-order valence-electron chi connectivity index (χ2n) is 4.04. The molecule has 2 aromatic rings. The van der Waals surface area contributed by atoms with Crippen molar-refractivity contribution < 1.29 is 13.2 Å². The van der Waals surface area contributed by atoms with Gasteiger partial charge in [-0.1, -0.05) is 23.7 Å². The van der Waals surface area contributed by atoms with E-state index in [1.807, 2.05) is 0 Å². The number of hydrazine groups is 1. The van der Waals surface area contributed by atoms with Crippen LogP contribution in [0, 0.1) is 17.5 Å². The number of nitrogens with one attached hydrogen (secondary N) is 1. The van der Waals surface area contributed by atoms with Gasteiger partial charge in [-0.15, -0.1) is 0 Å². The molecular formula is C13H9BrClF3N2. The van der Waals surface area contributed by atoms with E-state index in [-0.39, 0.29) is 16.1 Å². The van der Waals surface area contributed by atoms with Gasteiger partial charge in [-0.05, 0) is 39.7 Å². The maximum atomic E-state index is 14.1. The molecule has 0 aromatic heterocycles. The average Bonchev–Trinajstić information content (AvgIpc) is 2.43. The molecule has 0 bridgehead atoms. The van der Waals surface area contributed by atoms with Crippen LogP contribution in [0.3, 0.4) is 0 Å². The molecule has 106 valence electrons. The first-order valence-electron chi connectivity index (χ1n) is 5.50. The summed E-state index contributed by atoms with van der Waals surface area (Å²) in [5.74, 6) is 2.68. The minimum atomic E-state index is -1.04. The molecule has 1 unspecified atom stereocenters. The van der Waals surface area contributed by atoms with Gasteiger partial charge in [0.25, 0.3) is 0 Å². The summed E-state index contributed by atoms with van der Waals surface area (Å²) in [5.41, 5.74) is 2.78. The minimum Gasteiger partial charge on any atom is -0.271 e. The topological polar surface area (TPSA) is 38.0 Å². The molecule has 1 atom stereocenters. The summed E-state index contributed by atoms with van der Waals surface area (Å²) < 4.78 is 40.7. The van der Waals surface area contributed by atoms with Crippen molar-refractivity contribution in [3.05, 3.63) is 68.4 Å². The van der Waals surface area contributed by atoms with Gasteiger partial charge in [0.15, 0.2) is 11.6 Å². The zero-order valence-electron chi connectivity index (χ0n) is 9.93. The fourth-order valence-electron chi connectivity index (χ4n) is 1.82. The van der Waals surface area contributed by atoms with Crippen molar-refractivity contribution in [1.82, 2.24) is 5.43 Å². The molecule has 0 heterocycles. The predicted molar refractivity (Wildman–Crippen MR) is 74.6 cm³/mol. The van der Waals surface area contributed by atoms with Gasteiger partial charge in [0.2, 0.25) is 0 Å². The number of hydrogen-bond donors (Lipinski definition) is 2. The van der Waals surface area contributed by atoms with Crippen molar-refractivity contribution in [2.75, 3.05) is 0 Å². The average molecular weight is 366 g/mol. The SMILES string of the molecule is NNC(c1ccc(F)c(F)c1)c1ccc(Br)c(Cl)c1F. The summed E-state index contributed by atoms with van der Waals surface area (Å²) >= 11 is 8.90. The van der Waals surface area contributed by atoms with E-state index in [1.165, 1.54) is 12.1 Å². The van der Waals surface area contributed by atoms with Crippen molar-refractivity contribution >= 4 is 27.5 Å². The first-order chi connectivity index (χ1) is 9.45. The monoisotopic (exact) mass is 364 g/mol. The Balaban J connectivity index is 2.52. The summed E-state index contributed by atoms with van der Waals surface area (Å²) in [5, 5.41) is -0.106. The van der Waals surface area contributed by atoms with Gasteiger partial charge in [0.05, 0.1) is 11.1 Å². The summed E-state index contributed by atoms with van der Waals surface area (Å²) in [6.07, 6.45) is 0. The van der Waals surface area contributed by atoms with E-state index < -0.39 is 23.5 Å². The van der Waals surface area contributed by atoms with Crippen LogP contribution in [0.15, 0.2) is 34.8 Å². The van der Waals surface area contributed by atoms with E-state index in [0.717, 1.165) is 12.1 Å². The third-order valence-electron chi connectivity index (χ3n) is 2.82. The van der Waals surface area contributed by atoms with Crippen molar-refractivity contribution in [2.45, 2.75) is 6.04 Å². The van der Waals surface area contributed by atoms with Crippen LogP contribution in [0.5, 0.6) is 0 Å². The normalized spacial score (nSPS) is 12.5. The highest BCUT2D eigenvalue weighted by atomic mass is 79.9. The molecule has 2 aromatic carbocycles. The summed E-state index contributed by atoms with van der Waals surface area (Å²) in [6.45, 7) is 0. The first kappa shape index (κ1) is 15.3. The highest BCUT2D eigenvalue weighted by Crippen LogP contribution is 2.32. The molecular weight excluding hydrogens is 357 g/mol. The smallest absolute Gasteiger partial charge is 0.159 e. The third kappa shape index (κ3) is 2.83. The lowest BCUT2D eigenvalue weighted by Gasteiger charge is -2.18. The maximum Gasteiger partial charge on any atom is 0.159 e. The Morgan fingerprint density at radius 2 is 1.80 bits per heavy atom. The molecule has 0 spiro atoms. The molecule has 20 heavy (non-hydrogen) atoms. The van der Waals surface area contributed by atoms with E-state index in [9.17, 15) is 13.2 Å².